The molecule has 0 amide bonds. The molecule has 2 nitrogen and oxygen atoms in total. The maximum atomic E-state index is 2.78. The molecule has 3 heterocycles. The van der Waals surface area contributed by atoms with E-state index in [0.717, 1.165) is 0 Å². The molecule has 1 aliphatic carbocycles. The third-order valence-corrected chi connectivity index (χ3v) is 6.38. The van der Waals surface area contributed by atoms with Crippen LogP contribution in [0.2, 0.25) is 0 Å². The Labute approximate surface area is 121 Å². The number of nitrogens with zero attached hydrogens (tertiary/aromatic N) is 2. The number of para-hydroxylation sites is 1. The van der Waals surface area contributed by atoms with Crippen LogP contribution in [0.5, 0.6) is 0 Å². The summed E-state index contributed by atoms with van der Waals surface area (Å²) in [5.74, 6) is 0. The van der Waals surface area contributed by atoms with E-state index in [4.69, 9.17) is 0 Å². The molecule has 0 N–H and O–H groups in total. The first kappa shape index (κ1) is 11.4. The van der Waals surface area contributed by atoms with Gasteiger partial charge in [0.1, 0.15) is 0 Å². The molecule has 0 unspecified atom stereocenters. The zero-order valence-corrected chi connectivity index (χ0v) is 12.2. The highest BCUT2D eigenvalue weighted by Gasteiger charge is 2.61. The van der Waals surface area contributed by atoms with Gasteiger partial charge in [-0.2, -0.15) is 0 Å². The predicted octanol–water partition coefficient (Wildman–Crippen LogP) is 2.94. The van der Waals surface area contributed by atoms with E-state index >= 15 is 0 Å². The lowest BCUT2D eigenvalue weighted by Gasteiger charge is -2.47. The Kier molecular flexibility index (Phi) is 2.09. The van der Waals surface area contributed by atoms with Crippen molar-refractivity contribution >= 4 is 5.69 Å². The van der Waals surface area contributed by atoms with E-state index in [0.29, 0.717) is 17.5 Å². The Morgan fingerprint density at radius 1 is 1.20 bits per heavy atom. The number of likely N-dealkylation sites (N-methyl/N-ethyl adjacent to an activating group) is 1. The molecule has 2 saturated heterocycles. The van der Waals surface area contributed by atoms with Crippen molar-refractivity contribution in [3.63, 3.8) is 0 Å². The second-order valence-corrected chi connectivity index (χ2v) is 6.99. The van der Waals surface area contributed by atoms with E-state index in [1.807, 2.05) is 0 Å². The van der Waals surface area contributed by atoms with Gasteiger partial charge in [-0.1, -0.05) is 29.8 Å². The minimum absolute atomic E-state index is 0.385. The summed E-state index contributed by atoms with van der Waals surface area (Å²) in [6.07, 6.45) is 7.86. The zero-order valence-electron chi connectivity index (χ0n) is 12.2. The molecule has 0 bridgehead atoms. The average Bonchev–Trinajstić information content (AvgIpc) is 3.00. The summed E-state index contributed by atoms with van der Waals surface area (Å²) in [4.78, 5) is 5.35. The Morgan fingerprint density at radius 2 is 2.10 bits per heavy atom. The summed E-state index contributed by atoms with van der Waals surface area (Å²) in [5.41, 5.74) is 5.25. The summed E-state index contributed by atoms with van der Waals surface area (Å²) in [5, 5.41) is 0. The second-order valence-electron chi connectivity index (χ2n) is 6.99. The molecule has 4 aliphatic rings. The monoisotopic (exact) mass is 266 g/mol. The van der Waals surface area contributed by atoms with Gasteiger partial charge in [0.05, 0.1) is 0 Å². The highest BCUT2D eigenvalue weighted by atomic mass is 15.3. The molecular weight excluding hydrogens is 244 g/mol. The highest BCUT2D eigenvalue weighted by molar-refractivity contribution is 5.67. The SMILES string of the molecule is CN1c2ccccc2[C@]23CCN4CCCC(=CC[C@@H]12)[C@@H]43. The maximum Gasteiger partial charge on any atom is 0.0437 e. The van der Waals surface area contributed by atoms with Crippen molar-refractivity contribution in [2.75, 3.05) is 25.0 Å². The first-order chi connectivity index (χ1) is 9.82. The molecule has 2 fully saturated rings. The van der Waals surface area contributed by atoms with Gasteiger partial charge in [-0.25, -0.2) is 0 Å². The summed E-state index contributed by atoms with van der Waals surface area (Å²) >= 11 is 0. The Hall–Kier alpha value is -1.28. The van der Waals surface area contributed by atoms with Crippen molar-refractivity contribution in [2.24, 2.45) is 0 Å². The van der Waals surface area contributed by atoms with Crippen LogP contribution in [0, 0.1) is 0 Å². The number of rotatable bonds is 0. The molecule has 1 aromatic rings. The van der Waals surface area contributed by atoms with Crippen molar-refractivity contribution in [3.05, 3.63) is 41.5 Å². The lowest BCUT2D eigenvalue weighted by molar-refractivity contribution is 0.182. The smallest absolute Gasteiger partial charge is 0.0437 e. The van der Waals surface area contributed by atoms with Crippen LogP contribution in [0.25, 0.3) is 0 Å². The second kappa shape index (κ2) is 3.67. The number of fused-ring (bicyclic) bond motifs is 1. The van der Waals surface area contributed by atoms with Crippen LogP contribution in [0.4, 0.5) is 5.69 Å². The van der Waals surface area contributed by atoms with Gasteiger partial charge in [0.15, 0.2) is 0 Å². The number of hydrogen-bond acceptors (Lipinski definition) is 2. The maximum absolute atomic E-state index is 2.78. The van der Waals surface area contributed by atoms with Gasteiger partial charge in [-0.05, 0) is 50.4 Å². The van der Waals surface area contributed by atoms with Crippen molar-refractivity contribution in [3.8, 4) is 0 Å². The fraction of sp³-hybridized carbons (Fsp3) is 0.556. The molecule has 1 spiro atoms. The van der Waals surface area contributed by atoms with Gasteiger partial charge in [0, 0.05) is 30.2 Å². The lowest BCUT2D eigenvalue weighted by atomic mass is 9.63. The summed E-state index contributed by atoms with van der Waals surface area (Å²) in [7, 11) is 2.31. The van der Waals surface area contributed by atoms with E-state index in [1.165, 1.54) is 44.5 Å². The van der Waals surface area contributed by atoms with E-state index < -0.39 is 0 Å². The molecule has 5 rings (SSSR count). The summed E-state index contributed by atoms with van der Waals surface area (Å²) < 4.78 is 0. The van der Waals surface area contributed by atoms with Crippen LogP contribution in [0.15, 0.2) is 35.9 Å². The van der Waals surface area contributed by atoms with E-state index in [9.17, 15) is 0 Å². The van der Waals surface area contributed by atoms with Crippen molar-refractivity contribution in [1.29, 1.82) is 0 Å². The lowest BCUT2D eigenvalue weighted by Crippen LogP contribution is -2.55. The zero-order chi connectivity index (χ0) is 13.3. The van der Waals surface area contributed by atoms with Crippen LogP contribution in [-0.4, -0.2) is 37.1 Å². The minimum atomic E-state index is 0.385. The van der Waals surface area contributed by atoms with Crippen LogP contribution < -0.4 is 4.90 Å². The molecule has 3 atom stereocenters. The molecule has 0 saturated carbocycles. The standard InChI is InChI=1S/C18H22N2/c1-19-15-7-3-2-6-14(15)18-10-12-20-11-4-5-13(17(18)20)8-9-16(18)19/h2-3,6-8,16-17H,4-5,9-12H2,1H3/t16-,17-,18-/m1/s1. The third kappa shape index (κ3) is 1.12. The molecular formula is C18H22N2. The Morgan fingerprint density at radius 3 is 3.05 bits per heavy atom. The van der Waals surface area contributed by atoms with E-state index in [2.05, 4.69) is 47.2 Å². The fourth-order valence-electron chi connectivity index (χ4n) is 5.69. The van der Waals surface area contributed by atoms with Gasteiger partial charge in [0.25, 0.3) is 0 Å². The number of hydrogen-bond donors (Lipinski definition) is 0. The largest absolute Gasteiger partial charge is 0.370 e. The molecule has 0 radical (unpaired) electrons. The molecule has 3 aliphatic heterocycles. The number of piperidine rings is 1. The first-order valence-electron chi connectivity index (χ1n) is 8.08. The van der Waals surface area contributed by atoms with Gasteiger partial charge in [0.2, 0.25) is 0 Å². The van der Waals surface area contributed by atoms with Crippen molar-refractivity contribution in [2.45, 2.75) is 43.2 Å². The molecule has 104 valence electrons. The van der Waals surface area contributed by atoms with Crippen LogP contribution >= 0.6 is 0 Å². The topological polar surface area (TPSA) is 6.48 Å². The van der Waals surface area contributed by atoms with Gasteiger partial charge < -0.3 is 4.90 Å². The van der Waals surface area contributed by atoms with E-state index in [1.54, 1.807) is 11.1 Å². The number of anilines is 1. The van der Waals surface area contributed by atoms with Gasteiger partial charge >= 0.3 is 0 Å². The quantitative estimate of drug-likeness (QED) is 0.666. The molecule has 2 heteroatoms. The minimum Gasteiger partial charge on any atom is -0.370 e. The molecule has 1 aromatic carbocycles. The molecule has 20 heavy (non-hydrogen) atoms. The Bertz CT molecular complexity index is 605. The highest BCUT2D eigenvalue weighted by Crippen LogP contribution is 2.58. The normalized spacial score (nSPS) is 38.2. The number of benzene rings is 1. The van der Waals surface area contributed by atoms with Crippen molar-refractivity contribution in [1.82, 2.24) is 4.90 Å². The predicted molar refractivity (Wildman–Crippen MR) is 82.2 cm³/mol. The molecule has 0 aromatic heterocycles. The first-order valence-corrected chi connectivity index (χ1v) is 8.08. The van der Waals surface area contributed by atoms with Gasteiger partial charge in [-0.3, -0.25) is 4.90 Å². The fourth-order valence-corrected chi connectivity index (χ4v) is 5.69. The summed E-state index contributed by atoms with van der Waals surface area (Å²) in [6.45, 7) is 2.60. The summed E-state index contributed by atoms with van der Waals surface area (Å²) in [6, 6.07) is 10.6. The average molecular weight is 266 g/mol. The Balaban J connectivity index is 1.77. The van der Waals surface area contributed by atoms with Gasteiger partial charge in [-0.15, -0.1) is 0 Å². The van der Waals surface area contributed by atoms with Crippen LogP contribution in [-0.2, 0) is 5.41 Å². The third-order valence-electron chi connectivity index (χ3n) is 6.38. The van der Waals surface area contributed by atoms with Crippen LogP contribution in [0.3, 0.4) is 0 Å². The van der Waals surface area contributed by atoms with Crippen molar-refractivity contribution < 1.29 is 0 Å². The van der Waals surface area contributed by atoms with Crippen LogP contribution in [0.1, 0.15) is 31.2 Å². The van der Waals surface area contributed by atoms with E-state index in [-0.39, 0.29) is 0 Å².